The molecule has 0 fully saturated rings. The van der Waals surface area contributed by atoms with Crippen molar-refractivity contribution in [1.82, 2.24) is 9.97 Å². The van der Waals surface area contributed by atoms with Crippen LogP contribution in [0.1, 0.15) is 19.8 Å². The van der Waals surface area contributed by atoms with Gasteiger partial charge < -0.3 is 0 Å². The molecule has 0 aromatic carbocycles. The third kappa shape index (κ3) is 1.64. The van der Waals surface area contributed by atoms with Crippen LogP contribution in [0.5, 0.6) is 0 Å². The summed E-state index contributed by atoms with van der Waals surface area (Å²) in [6, 6.07) is 0. The van der Waals surface area contributed by atoms with E-state index < -0.39 is 0 Å². The minimum absolute atomic E-state index is 0.781. The molecule has 1 aromatic heterocycles. The van der Waals surface area contributed by atoms with Gasteiger partial charge in [-0.25, -0.2) is 15.0 Å². The van der Waals surface area contributed by atoms with E-state index in [2.05, 4.69) is 28.0 Å². The molecule has 1 aliphatic rings. The van der Waals surface area contributed by atoms with Gasteiger partial charge in [-0.05, 0) is 19.8 Å². The first-order valence-electron chi connectivity index (χ1n) is 4.36. The number of aromatic nitrogens is 2. The molecule has 1 aromatic rings. The first-order valence-corrected chi connectivity index (χ1v) is 4.36. The Bertz CT molecular complexity index is 445. The maximum absolute atomic E-state index is 4.24. The third-order valence-electron chi connectivity index (χ3n) is 2.14. The van der Waals surface area contributed by atoms with Gasteiger partial charge in [0, 0.05) is 17.6 Å². The number of nitrogens with zero attached hydrogens (tertiary/aromatic N) is 3. The molecule has 0 unspecified atom stereocenters. The summed E-state index contributed by atoms with van der Waals surface area (Å²) in [6.07, 6.45) is 9.36. The maximum Gasteiger partial charge on any atom is 0.162 e. The van der Waals surface area contributed by atoms with E-state index in [-0.39, 0.29) is 0 Å². The lowest BCUT2D eigenvalue weighted by molar-refractivity contribution is 0.978. The molecular formula is C10H11N3. The van der Waals surface area contributed by atoms with E-state index in [0.29, 0.717) is 0 Å². The van der Waals surface area contributed by atoms with Crippen LogP contribution in [-0.4, -0.2) is 9.97 Å². The van der Waals surface area contributed by atoms with Gasteiger partial charge in [0.2, 0.25) is 0 Å². The van der Waals surface area contributed by atoms with Crippen molar-refractivity contribution in [2.75, 3.05) is 0 Å². The summed E-state index contributed by atoms with van der Waals surface area (Å²) < 4.78 is 0. The van der Waals surface area contributed by atoms with Gasteiger partial charge in [-0.3, -0.25) is 0 Å². The second kappa shape index (κ2) is 3.47. The van der Waals surface area contributed by atoms with Crippen LogP contribution < -0.4 is 10.7 Å². The first-order chi connectivity index (χ1) is 6.38. The average Bonchev–Trinajstić information content (AvgIpc) is 2.14. The zero-order chi connectivity index (χ0) is 9.10. The van der Waals surface area contributed by atoms with Crippen molar-refractivity contribution in [3.8, 4) is 0 Å². The Balaban J connectivity index is 2.80. The fraction of sp³-hybridized carbons (Fsp3) is 0.300. The van der Waals surface area contributed by atoms with Gasteiger partial charge in [-0.2, -0.15) is 0 Å². The smallest absolute Gasteiger partial charge is 0.162 e. The lowest BCUT2D eigenvalue weighted by atomic mass is 10.1. The summed E-state index contributed by atoms with van der Waals surface area (Å²) in [7, 11) is 0. The summed E-state index contributed by atoms with van der Waals surface area (Å²) >= 11 is 0. The van der Waals surface area contributed by atoms with Crippen LogP contribution in [0.25, 0.3) is 5.57 Å². The summed E-state index contributed by atoms with van der Waals surface area (Å²) in [5.41, 5.74) is 2.09. The van der Waals surface area contributed by atoms with Gasteiger partial charge in [0.05, 0.1) is 0 Å². The molecule has 13 heavy (non-hydrogen) atoms. The highest BCUT2D eigenvalue weighted by Gasteiger charge is 1.96. The standard InChI is InChI=1S/C10H11N3/c1-8-4-2-3-5-12-10-9(8)6-11-7-13-10/h3,5-7H,2,4H2,1H3/b5-3-,9-8-,12-10-. The van der Waals surface area contributed by atoms with Crippen molar-refractivity contribution in [1.29, 1.82) is 0 Å². The van der Waals surface area contributed by atoms with E-state index in [1.165, 1.54) is 11.9 Å². The molecule has 0 N–H and O–H groups in total. The second-order valence-electron chi connectivity index (χ2n) is 3.09. The van der Waals surface area contributed by atoms with Gasteiger partial charge in [0.25, 0.3) is 0 Å². The van der Waals surface area contributed by atoms with Gasteiger partial charge in [-0.1, -0.05) is 11.6 Å². The zero-order valence-electron chi connectivity index (χ0n) is 7.57. The Hall–Kier alpha value is -1.51. The fourth-order valence-corrected chi connectivity index (χ4v) is 1.36. The predicted molar refractivity (Wildman–Crippen MR) is 50.3 cm³/mol. The number of hydrogen-bond donors (Lipinski definition) is 0. The second-order valence-corrected chi connectivity index (χ2v) is 3.09. The van der Waals surface area contributed by atoms with Crippen LogP contribution in [0.15, 0.2) is 29.8 Å². The minimum atomic E-state index is 0.781. The topological polar surface area (TPSA) is 38.1 Å². The van der Waals surface area contributed by atoms with E-state index in [4.69, 9.17) is 0 Å². The van der Waals surface area contributed by atoms with Crippen molar-refractivity contribution >= 4 is 5.57 Å². The van der Waals surface area contributed by atoms with Gasteiger partial charge in [0.15, 0.2) is 5.49 Å². The number of hydrogen-bond acceptors (Lipinski definition) is 3. The van der Waals surface area contributed by atoms with Gasteiger partial charge in [0.1, 0.15) is 6.33 Å². The summed E-state index contributed by atoms with van der Waals surface area (Å²) in [4.78, 5) is 12.4. The number of rotatable bonds is 0. The van der Waals surface area contributed by atoms with E-state index in [1.807, 2.05) is 12.4 Å². The van der Waals surface area contributed by atoms with Gasteiger partial charge >= 0.3 is 0 Å². The molecule has 0 spiro atoms. The van der Waals surface area contributed by atoms with Crippen LogP contribution in [-0.2, 0) is 0 Å². The predicted octanol–water partition coefficient (Wildman–Crippen LogP) is 0.574. The zero-order valence-corrected chi connectivity index (χ0v) is 7.57. The SMILES string of the molecule is C\C1=c2/cncn/c2=N\C=C/CC1. The maximum atomic E-state index is 4.24. The van der Waals surface area contributed by atoms with Crippen LogP contribution >= 0.6 is 0 Å². The van der Waals surface area contributed by atoms with Crippen LogP contribution in [0, 0.1) is 0 Å². The normalized spacial score (nSPS) is 24.8. The monoisotopic (exact) mass is 173 g/mol. The Morgan fingerprint density at radius 3 is 3.23 bits per heavy atom. The van der Waals surface area contributed by atoms with Crippen molar-refractivity contribution in [3.63, 3.8) is 0 Å². The lowest BCUT2D eigenvalue weighted by Crippen LogP contribution is -2.30. The molecule has 0 aliphatic carbocycles. The van der Waals surface area contributed by atoms with E-state index in [0.717, 1.165) is 23.5 Å². The Morgan fingerprint density at radius 1 is 1.38 bits per heavy atom. The quantitative estimate of drug-likeness (QED) is 0.575. The highest BCUT2D eigenvalue weighted by molar-refractivity contribution is 5.40. The molecule has 66 valence electrons. The summed E-state index contributed by atoms with van der Waals surface area (Å²) in [5, 5.41) is 1.08. The molecule has 1 aliphatic heterocycles. The number of allylic oxidation sites excluding steroid dienone is 1. The third-order valence-corrected chi connectivity index (χ3v) is 2.14. The molecule has 0 bridgehead atoms. The van der Waals surface area contributed by atoms with Crippen molar-refractivity contribution in [2.45, 2.75) is 19.8 Å². The lowest BCUT2D eigenvalue weighted by Gasteiger charge is -1.99. The molecule has 0 saturated heterocycles. The molecule has 2 heterocycles. The molecule has 0 radical (unpaired) electrons. The highest BCUT2D eigenvalue weighted by atomic mass is 14.9. The molecule has 0 atom stereocenters. The highest BCUT2D eigenvalue weighted by Crippen LogP contribution is 2.03. The fourth-order valence-electron chi connectivity index (χ4n) is 1.36. The first kappa shape index (κ1) is 8.10. The minimum Gasteiger partial charge on any atom is -0.244 e. The van der Waals surface area contributed by atoms with Crippen LogP contribution in [0.2, 0.25) is 0 Å². The molecule has 2 rings (SSSR count). The summed E-state index contributed by atoms with van der Waals surface area (Å²) in [6.45, 7) is 2.11. The molecule has 0 amide bonds. The number of fused-ring (bicyclic) bond motifs is 1. The van der Waals surface area contributed by atoms with Crippen molar-refractivity contribution < 1.29 is 0 Å². The molecule has 3 heteroatoms. The van der Waals surface area contributed by atoms with Gasteiger partial charge in [-0.15, -0.1) is 0 Å². The molecule has 3 nitrogen and oxygen atoms in total. The Kier molecular flexibility index (Phi) is 2.17. The Morgan fingerprint density at radius 2 is 2.31 bits per heavy atom. The van der Waals surface area contributed by atoms with Crippen LogP contribution in [0.3, 0.4) is 0 Å². The molecular weight excluding hydrogens is 162 g/mol. The summed E-state index contributed by atoms with van der Waals surface area (Å²) in [5.74, 6) is 0. The van der Waals surface area contributed by atoms with Crippen molar-refractivity contribution in [2.24, 2.45) is 4.99 Å². The Labute approximate surface area is 76.6 Å². The average molecular weight is 173 g/mol. The molecule has 0 saturated carbocycles. The van der Waals surface area contributed by atoms with E-state index >= 15 is 0 Å². The van der Waals surface area contributed by atoms with E-state index in [9.17, 15) is 0 Å². The van der Waals surface area contributed by atoms with Crippen LogP contribution in [0.4, 0.5) is 0 Å². The van der Waals surface area contributed by atoms with E-state index in [1.54, 1.807) is 0 Å². The van der Waals surface area contributed by atoms with Crippen molar-refractivity contribution in [3.05, 3.63) is 35.5 Å². The largest absolute Gasteiger partial charge is 0.244 e.